The summed E-state index contributed by atoms with van der Waals surface area (Å²) in [7, 11) is 1.46. The Labute approximate surface area is 113 Å². The molecule has 0 bridgehead atoms. The van der Waals surface area contributed by atoms with Gasteiger partial charge in [-0.05, 0) is 18.6 Å². The van der Waals surface area contributed by atoms with E-state index in [4.69, 9.17) is 9.47 Å². The highest BCUT2D eigenvalue weighted by molar-refractivity contribution is 5.87. The van der Waals surface area contributed by atoms with Gasteiger partial charge in [0, 0.05) is 0 Å². The smallest absolute Gasteiger partial charge is 0.153 e. The molecule has 0 saturated heterocycles. The summed E-state index contributed by atoms with van der Waals surface area (Å²) in [5.41, 5.74) is 0.787. The van der Waals surface area contributed by atoms with Crippen molar-refractivity contribution in [2.24, 2.45) is 0 Å². The van der Waals surface area contributed by atoms with Gasteiger partial charge in [-0.15, -0.1) is 0 Å². The molecule has 0 radical (unpaired) electrons. The first-order chi connectivity index (χ1) is 9.26. The van der Waals surface area contributed by atoms with E-state index in [0.29, 0.717) is 41.8 Å². The third-order valence-corrected chi connectivity index (χ3v) is 2.87. The molecular weight excluding hydrogens is 244 g/mol. The van der Waals surface area contributed by atoms with Crippen molar-refractivity contribution in [3.05, 3.63) is 23.3 Å². The number of rotatable bonds is 9. The second-order valence-corrected chi connectivity index (χ2v) is 4.28. The minimum Gasteiger partial charge on any atom is -0.496 e. The zero-order chi connectivity index (χ0) is 14.1. The molecule has 0 unspecified atom stereocenters. The van der Waals surface area contributed by atoms with E-state index in [2.05, 4.69) is 6.92 Å². The molecular formula is C15H20O4. The molecule has 4 heteroatoms. The van der Waals surface area contributed by atoms with Crippen LogP contribution in [-0.4, -0.2) is 26.3 Å². The standard InChI is InChI=1S/C15H20O4/c1-3-4-5-6-7-19-15-9-12(10-16)14(18-2)8-13(15)11-17/h8-11H,3-7H2,1-2H3. The van der Waals surface area contributed by atoms with E-state index >= 15 is 0 Å². The highest BCUT2D eigenvalue weighted by Crippen LogP contribution is 2.27. The summed E-state index contributed by atoms with van der Waals surface area (Å²) >= 11 is 0. The molecule has 0 N–H and O–H groups in total. The van der Waals surface area contributed by atoms with E-state index in [-0.39, 0.29) is 0 Å². The van der Waals surface area contributed by atoms with Crippen molar-refractivity contribution in [1.29, 1.82) is 0 Å². The van der Waals surface area contributed by atoms with E-state index in [1.54, 1.807) is 6.07 Å². The van der Waals surface area contributed by atoms with Crippen molar-refractivity contribution in [3.63, 3.8) is 0 Å². The van der Waals surface area contributed by atoms with E-state index in [0.717, 1.165) is 19.3 Å². The van der Waals surface area contributed by atoms with Crippen LogP contribution in [0.15, 0.2) is 12.1 Å². The van der Waals surface area contributed by atoms with Crippen LogP contribution in [0.1, 0.15) is 53.3 Å². The van der Waals surface area contributed by atoms with Crippen molar-refractivity contribution < 1.29 is 19.1 Å². The number of aldehydes is 2. The minimum atomic E-state index is 0.385. The summed E-state index contributed by atoms with van der Waals surface area (Å²) in [6.45, 7) is 2.69. The van der Waals surface area contributed by atoms with Crippen LogP contribution in [0.2, 0.25) is 0 Å². The molecule has 0 spiro atoms. The summed E-state index contributed by atoms with van der Waals surface area (Å²) < 4.78 is 10.6. The largest absolute Gasteiger partial charge is 0.496 e. The van der Waals surface area contributed by atoms with Crippen molar-refractivity contribution in [3.8, 4) is 11.5 Å². The molecule has 0 aliphatic rings. The summed E-state index contributed by atoms with van der Waals surface area (Å²) in [6.07, 6.45) is 5.78. The summed E-state index contributed by atoms with van der Waals surface area (Å²) in [5.74, 6) is 0.824. The van der Waals surface area contributed by atoms with E-state index in [1.165, 1.54) is 19.6 Å². The van der Waals surface area contributed by atoms with E-state index in [9.17, 15) is 9.59 Å². The van der Waals surface area contributed by atoms with Gasteiger partial charge in [0.05, 0.1) is 24.8 Å². The van der Waals surface area contributed by atoms with Gasteiger partial charge in [0.15, 0.2) is 12.6 Å². The van der Waals surface area contributed by atoms with Gasteiger partial charge in [0.25, 0.3) is 0 Å². The zero-order valence-electron chi connectivity index (χ0n) is 11.5. The van der Waals surface area contributed by atoms with Gasteiger partial charge < -0.3 is 9.47 Å². The highest BCUT2D eigenvalue weighted by atomic mass is 16.5. The molecule has 0 amide bonds. The van der Waals surface area contributed by atoms with Crippen LogP contribution >= 0.6 is 0 Å². The van der Waals surface area contributed by atoms with Crippen LogP contribution in [0.4, 0.5) is 0 Å². The van der Waals surface area contributed by atoms with E-state index in [1.807, 2.05) is 0 Å². The fourth-order valence-corrected chi connectivity index (χ4v) is 1.79. The molecule has 1 aromatic rings. The highest BCUT2D eigenvalue weighted by Gasteiger charge is 2.10. The number of hydrogen-bond acceptors (Lipinski definition) is 4. The zero-order valence-corrected chi connectivity index (χ0v) is 11.5. The van der Waals surface area contributed by atoms with Crippen molar-refractivity contribution in [1.82, 2.24) is 0 Å². The maximum absolute atomic E-state index is 11.0. The van der Waals surface area contributed by atoms with Crippen LogP contribution in [-0.2, 0) is 0 Å². The maximum Gasteiger partial charge on any atom is 0.153 e. The van der Waals surface area contributed by atoms with Crippen LogP contribution in [0, 0.1) is 0 Å². The van der Waals surface area contributed by atoms with Crippen LogP contribution < -0.4 is 9.47 Å². The number of methoxy groups -OCH3 is 1. The number of hydrogen-bond donors (Lipinski definition) is 0. The lowest BCUT2D eigenvalue weighted by atomic mass is 10.1. The van der Waals surface area contributed by atoms with Gasteiger partial charge in [-0.2, -0.15) is 0 Å². The number of carbonyl (C=O) groups excluding carboxylic acids is 2. The minimum absolute atomic E-state index is 0.385. The van der Waals surface area contributed by atoms with Gasteiger partial charge in [-0.1, -0.05) is 26.2 Å². The molecule has 104 valence electrons. The first-order valence-electron chi connectivity index (χ1n) is 6.52. The van der Waals surface area contributed by atoms with Crippen molar-refractivity contribution in [2.75, 3.05) is 13.7 Å². The molecule has 0 saturated carbocycles. The molecule has 0 aliphatic carbocycles. The lowest BCUT2D eigenvalue weighted by molar-refractivity contribution is 0.110. The average Bonchev–Trinajstić information content (AvgIpc) is 2.46. The van der Waals surface area contributed by atoms with Gasteiger partial charge in [-0.25, -0.2) is 0 Å². The normalized spacial score (nSPS) is 10.0. The molecule has 19 heavy (non-hydrogen) atoms. The number of carbonyl (C=O) groups is 2. The van der Waals surface area contributed by atoms with Crippen LogP contribution in [0.3, 0.4) is 0 Å². The Balaban J connectivity index is 2.75. The maximum atomic E-state index is 11.0. The Bertz CT molecular complexity index is 426. The molecule has 0 fully saturated rings. The molecule has 0 aliphatic heterocycles. The first-order valence-corrected chi connectivity index (χ1v) is 6.52. The van der Waals surface area contributed by atoms with Crippen molar-refractivity contribution >= 4 is 12.6 Å². The van der Waals surface area contributed by atoms with Crippen molar-refractivity contribution in [2.45, 2.75) is 32.6 Å². The van der Waals surface area contributed by atoms with Crippen LogP contribution in [0.25, 0.3) is 0 Å². The lowest BCUT2D eigenvalue weighted by Crippen LogP contribution is -2.02. The predicted octanol–water partition coefficient (Wildman–Crippen LogP) is 3.28. The fraction of sp³-hybridized carbons (Fsp3) is 0.467. The second-order valence-electron chi connectivity index (χ2n) is 4.28. The topological polar surface area (TPSA) is 52.6 Å². The van der Waals surface area contributed by atoms with Gasteiger partial charge in [-0.3, -0.25) is 9.59 Å². The van der Waals surface area contributed by atoms with Gasteiger partial charge >= 0.3 is 0 Å². The lowest BCUT2D eigenvalue weighted by Gasteiger charge is -2.11. The molecule has 4 nitrogen and oxygen atoms in total. The second kappa shape index (κ2) is 8.29. The van der Waals surface area contributed by atoms with Gasteiger partial charge in [0.1, 0.15) is 11.5 Å². The van der Waals surface area contributed by atoms with Crippen LogP contribution in [0.5, 0.6) is 11.5 Å². The number of benzene rings is 1. The Kier molecular flexibility index (Phi) is 6.64. The summed E-state index contributed by atoms with van der Waals surface area (Å²) in [5, 5.41) is 0. The quantitative estimate of drug-likeness (QED) is 0.507. The average molecular weight is 264 g/mol. The Hall–Kier alpha value is -1.84. The monoisotopic (exact) mass is 264 g/mol. The van der Waals surface area contributed by atoms with Gasteiger partial charge in [0.2, 0.25) is 0 Å². The molecule has 0 aromatic heterocycles. The molecule has 1 rings (SSSR count). The Morgan fingerprint density at radius 3 is 2.21 bits per heavy atom. The Morgan fingerprint density at radius 1 is 1.00 bits per heavy atom. The number of ether oxygens (including phenoxy) is 2. The summed E-state index contributed by atoms with van der Waals surface area (Å²) in [6, 6.07) is 3.08. The third-order valence-electron chi connectivity index (χ3n) is 2.87. The third kappa shape index (κ3) is 4.39. The molecule has 0 atom stereocenters. The molecule has 1 aromatic carbocycles. The predicted molar refractivity (Wildman–Crippen MR) is 73.4 cm³/mol. The van der Waals surface area contributed by atoms with E-state index < -0.39 is 0 Å². The summed E-state index contributed by atoms with van der Waals surface area (Å²) in [4.78, 5) is 21.9. The number of unbranched alkanes of at least 4 members (excludes halogenated alkanes) is 3. The Morgan fingerprint density at radius 2 is 1.63 bits per heavy atom. The molecule has 0 heterocycles. The fourth-order valence-electron chi connectivity index (χ4n) is 1.79. The first kappa shape index (κ1) is 15.2. The SMILES string of the molecule is CCCCCCOc1cc(C=O)c(OC)cc1C=O.